The van der Waals surface area contributed by atoms with Crippen molar-refractivity contribution in [1.82, 2.24) is 28.9 Å². The lowest BCUT2D eigenvalue weighted by molar-refractivity contribution is 0.0827. The van der Waals surface area contributed by atoms with E-state index in [1.54, 1.807) is 30.3 Å². The minimum Gasteiger partial charge on any atom is -0.496 e. The Hall–Kier alpha value is -4.41. The molecule has 2 aliphatic carbocycles. The number of halogens is 3. The fraction of sp³-hybridized carbons (Fsp3) is 0.450. The molecule has 0 saturated heterocycles. The Bertz CT molecular complexity index is 2340. The van der Waals surface area contributed by atoms with E-state index in [4.69, 9.17) is 36.0 Å². The summed E-state index contributed by atoms with van der Waals surface area (Å²) in [5, 5.41) is 0.554. The predicted octanol–water partition coefficient (Wildman–Crippen LogP) is 7.20. The van der Waals surface area contributed by atoms with E-state index in [-0.39, 0.29) is 23.9 Å². The van der Waals surface area contributed by atoms with Gasteiger partial charge in [-0.2, -0.15) is 0 Å². The van der Waals surface area contributed by atoms with Gasteiger partial charge in [0, 0.05) is 19.6 Å². The maximum Gasteiger partial charge on any atom is 0.281 e. The fourth-order valence-corrected chi connectivity index (χ4v) is 10.5. The third-order valence-corrected chi connectivity index (χ3v) is 13.4. The van der Waals surface area contributed by atoms with E-state index in [1.165, 1.54) is 12.8 Å². The number of nitrogens with zero attached hydrogens (tertiary/aromatic N) is 10. The molecule has 6 aliphatic rings. The highest BCUT2D eigenvalue weighted by Crippen LogP contribution is 2.43. The molecule has 2 aromatic heterocycles. The summed E-state index contributed by atoms with van der Waals surface area (Å²) in [6.07, 6.45) is 8.41. The van der Waals surface area contributed by atoms with Crippen molar-refractivity contribution in [2.75, 3.05) is 37.1 Å². The summed E-state index contributed by atoms with van der Waals surface area (Å²) in [5.41, 5.74) is 3.29. The van der Waals surface area contributed by atoms with Crippen LogP contribution in [0.25, 0.3) is 0 Å². The van der Waals surface area contributed by atoms with E-state index in [0.717, 1.165) is 70.6 Å². The zero-order valence-corrected chi connectivity index (χ0v) is 36.1. The summed E-state index contributed by atoms with van der Waals surface area (Å²) >= 11 is 13.4. The van der Waals surface area contributed by atoms with Crippen LogP contribution in [-0.2, 0) is 13.1 Å². The van der Waals surface area contributed by atoms with Gasteiger partial charge in [-0.1, -0.05) is 23.7 Å². The molecule has 0 unspecified atom stereocenters. The van der Waals surface area contributed by atoms with Crippen LogP contribution in [-0.4, -0.2) is 104 Å². The van der Waals surface area contributed by atoms with Crippen LogP contribution >= 0.6 is 43.5 Å². The number of aromatic nitrogens is 4. The van der Waals surface area contributed by atoms with Gasteiger partial charge in [0.2, 0.25) is 11.9 Å². The molecular formula is C40H43Br2ClN10O4. The number of rotatable bonds is 8. The highest BCUT2D eigenvalue weighted by molar-refractivity contribution is 9.10. The van der Waals surface area contributed by atoms with E-state index in [9.17, 15) is 9.59 Å². The van der Waals surface area contributed by atoms with Gasteiger partial charge in [-0.3, -0.25) is 29.2 Å². The molecule has 4 aliphatic heterocycles. The van der Waals surface area contributed by atoms with Crippen molar-refractivity contribution in [2.24, 2.45) is 9.98 Å². The molecule has 298 valence electrons. The minimum absolute atomic E-state index is 0.0374. The molecule has 0 spiro atoms. The summed E-state index contributed by atoms with van der Waals surface area (Å²) in [6, 6.07) is 12.8. The zero-order valence-electron chi connectivity index (χ0n) is 32.2. The molecule has 0 N–H and O–H groups in total. The number of carbonyl (C=O) groups is 2. The number of guanidine groups is 2. The van der Waals surface area contributed by atoms with Crippen molar-refractivity contribution in [3.8, 4) is 11.5 Å². The number of anilines is 2. The zero-order chi connectivity index (χ0) is 39.7. The predicted molar refractivity (Wildman–Crippen MR) is 225 cm³/mol. The van der Waals surface area contributed by atoms with Crippen LogP contribution in [0.2, 0.25) is 5.02 Å². The number of fused-ring (bicyclic) bond motifs is 10. The van der Waals surface area contributed by atoms with E-state index in [1.807, 2.05) is 59.4 Å². The lowest BCUT2D eigenvalue weighted by Gasteiger charge is -2.35. The van der Waals surface area contributed by atoms with E-state index >= 15 is 0 Å². The van der Waals surface area contributed by atoms with Crippen LogP contribution in [0.4, 0.5) is 11.6 Å². The molecule has 10 rings (SSSR count). The first-order valence-corrected chi connectivity index (χ1v) is 21.5. The third-order valence-electron chi connectivity index (χ3n) is 11.9. The molecular weight excluding hydrogens is 880 g/mol. The van der Waals surface area contributed by atoms with Crippen molar-refractivity contribution in [1.29, 1.82) is 0 Å². The summed E-state index contributed by atoms with van der Waals surface area (Å²) in [6.45, 7) is 6.21. The average Bonchev–Trinajstić information content (AvgIpc) is 4.05. The smallest absolute Gasteiger partial charge is 0.281 e. The number of aliphatic imine (C=N–C) groups is 2. The molecule has 0 radical (unpaired) electrons. The average molecular weight is 923 g/mol. The molecule has 2 aromatic carbocycles. The topological polar surface area (TPSA) is 126 Å². The van der Waals surface area contributed by atoms with Crippen LogP contribution in [0.1, 0.15) is 84.5 Å². The molecule has 17 heteroatoms. The van der Waals surface area contributed by atoms with Crippen LogP contribution < -0.4 is 19.3 Å². The Kier molecular flexibility index (Phi) is 10.1. The van der Waals surface area contributed by atoms with E-state index < -0.39 is 0 Å². The molecule has 2 amide bonds. The maximum absolute atomic E-state index is 13.4. The van der Waals surface area contributed by atoms with Crippen molar-refractivity contribution in [2.45, 2.75) is 89.6 Å². The Balaban J connectivity index is 0.000000148. The number of carbonyl (C=O) groups excluding carboxylic acids is 2. The summed E-state index contributed by atoms with van der Waals surface area (Å²) in [5.74, 6) is 4.34. The Labute approximate surface area is 352 Å². The first kappa shape index (κ1) is 38.1. The molecule has 0 bridgehead atoms. The summed E-state index contributed by atoms with van der Waals surface area (Å²) in [4.78, 5) is 53.8. The highest BCUT2D eigenvalue weighted by atomic mass is 79.9. The Morgan fingerprint density at radius 1 is 0.754 bits per heavy atom. The van der Waals surface area contributed by atoms with Gasteiger partial charge in [-0.15, -0.1) is 0 Å². The van der Waals surface area contributed by atoms with Crippen LogP contribution in [0.5, 0.6) is 11.5 Å². The first-order chi connectivity index (χ1) is 27.6. The minimum atomic E-state index is -0.0387. The van der Waals surface area contributed by atoms with Crippen LogP contribution in [0, 0.1) is 0 Å². The first-order valence-electron chi connectivity index (χ1n) is 19.5. The molecule has 6 heterocycles. The lowest BCUT2D eigenvalue weighted by atomic mass is 10.1. The van der Waals surface area contributed by atoms with Crippen molar-refractivity contribution in [3.05, 3.63) is 79.5 Å². The number of hydrogen-bond acceptors (Lipinski definition) is 10. The van der Waals surface area contributed by atoms with Gasteiger partial charge in [-0.05, 0) is 120 Å². The SMILES string of the molecule is CCN1C(=O)c2c(nc(Br)n2Cc2ccc(OC)c(Br)c2)N2C1=N[C@@H]1CCC[C@@H]12.CCN1C(=O)c2c(ncn2Cc2ccc(OC)c(Cl)c2)N2C1=N[C@@H]1CCC[C@@H]12. The largest absolute Gasteiger partial charge is 0.496 e. The second-order valence-corrected chi connectivity index (χ2v) is 16.9. The summed E-state index contributed by atoms with van der Waals surface area (Å²) < 4.78 is 16.0. The normalized spacial score (nSPS) is 22.6. The third kappa shape index (κ3) is 6.24. The number of benzene rings is 2. The van der Waals surface area contributed by atoms with Crippen LogP contribution in [0.15, 0.2) is 61.9 Å². The Morgan fingerprint density at radius 2 is 1.33 bits per heavy atom. The standard InChI is InChI=1S/C20H21Br2N5O2.C20H22ClN5O2/c1-3-25-18(28)16-17(27-14-6-4-5-13(14)23-20(25)27)24-19(22)26(16)10-11-7-8-15(29-2)12(21)9-11;1-3-25-19(27)17-18(26-15-6-4-5-14(15)23-20(25)26)22-11-24(17)10-12-7-8-16(28-2)13(21)9-12/h7-9,13-14H,3-6,10H2,1-2H3;7-9,11,14-15H,3-6,10H2,1-2H3/t13-,14+;14-,15+/m11/s1. The number of imidazole rings is 2. The van der Waals surface area contributed by atoms with Crippen molar-refractivity contribution < 1.29 is 19.1 Å². The number of amides is 2. The Morgan fingerprint density at radius 3 is 1.91 bits per heavy atom. The maximum atomic E-state index is 13.4. The summed E-state index contributed by atoms with van der Waals surface area (Å²) in [7, 11) is 3.24. The molecule has 2 saturated carbocycles. The van der Waals surface area contributed by atoms with E-state index in [0.29, 0.717) is 65.2 Å². The molecule has 57 heavy (non-hydrogen) atoms. The van der Waals surface area contributed by atoms with Gasteiger partial charge in [0.1, 0.15) is 11.5 Å². The molecule has 14 nitrogen and oxygen atoms in total. The molecule has 2 fully saturated rings. The highest BCUT2D eigenvalue weighted by Gasteiger charge is 2.51. The lowest BCUT2D eigenvalue weighted by Crippen LogP contribution is -2.53. The van der Waals surface area contributed by atoms with Gasteiger partial charge in [-0.25, -0.2) is 20.0 Å². The molecule has 4 atom stereocenters. The number of hydrogen-bond donors (Lipinski definition) is 0. The monoisotopic (exact) mass is 920 g/mol. The number of ether oxygens (including phenoxy) is 2. The quantitative estimate of drug-likeness (QED) is 0.182. The van der Waals surface area contributed by atoms with Crippen molar-refractivity contribution >= 4 is 78.8 Å². The van der Waals surface area contributed by atoms with E-state index in [2.05, 4.69) is 46.6 Å². The second kappa shape index (κ2) is 15.1. The van der Waals surface area contributed by atoms with Gasteiger partial charge in [0.25, 0.3) is 11.8 Å². The van der Waals surface area contributed by atoms with Gasteiger partial charge >= 0.3 is 0 Å². The number of methoxy groups -OCH3 is 2. The fourth-order valence-electron chi connectivity index (χ4n) is 9.19. The molecule has 4 aromatic rings. The van der Waals surface area contributed by atoms with Gasteiger partial charge < -0.3 is 18.6 Å². The van der Waals surface area contributed by atoms with Gasteiger partial charge in [0.15, 0.2) is 27.8 Å². The van der Waals surface area contributed by atoms with Crippen LogP contribution in [0.3, 0.4) is 0 Å². The van der Waals surface area contributed by atoms with Crippen molar-refractivity contribution in [3.63, 3.8) is 0 Å². The van der Waals surface area contributed by atoms with Gasteiger partial charge in [0.05, 0.1) is 60.8 Å². The second-order valence-electron chi connectivity index (χ2n) is 14.9.